The van der Waals surface area contributed by atoms with Gasteiger partial charge in [0.1, 0.15) is 0 Å². The molecule has 0 amide bonds. The molecule has 1 atom stereocenters. The number of hydrogen-bond donors (Lipinski definition) is 1. The first-order valence-electron chi connectivity index (χ1n) is 3.93. The minimum atomic E-state index is -3.00. The molecule has 1 aromatic heterocycles. The Balaban J connectivity index is 3.11. The highest BCUT2D eigenvalue weighted by atomic mass is 19.3. The summed E-state index contributed by atoms with van der Waals surface area (Å²) >= 11 is 0. The molecule has 74 valence electrons. The molecule has 1 rings (SSSR count). The van der Waals surface area contributed by atoms with E-state index < -0.39 is 17.7 Å². The Morgan fingerprint density at radius 2 is 2.08 bits per heavy atom. The quantitative estimate of drug-likeness (QED) is 0.777. The first-order valence-corrected chi connectivity index (χ1v) is 3.93. The largest absolute Gasteiger partial charge is 0.437 e. The number of nitrogens with zero attached hydrogens (tertiary/aromatic N) is 1. The smallest absolute Gasteiger partial charge is 0.303 e. The van der Waals surface area contributed by atoms with E-state index in [2.05, 4.69) is 4.98 Å². The van der Waals surface area contributed by atoms with Gasteiger partial charge in [-0.05, 0) is 13.8 Å². The first-order chi connectivity index (χ1) is 5.82. The van der Waals surface area contributed by atoms with Crippen LogP contribution in [0.5, 0.6) is 0 Å². The number of rotatable bonds is 2. The Bertz CT molecular complexity index is 302. The van der Waals surface area contributed by atoms with E-state index in [4.69, 9.17) is 10.2 Å². The molecule has 0 saturated heterocycles. The van der Waals surface area contributed by atoms with E-state index in [-0.39, 0.29) is 11.6 Å². The lowest BCUT2D eigenvalue weighted by molar-refractivity contribution is -0.00724. The second kappa shape index (κ2) is 3.06. The third-order valence-corrected chi connectivity index (χ3v) is 1.60. The van der Waals surface area contributed by atoms with E-state index >= 15 is 0 Å². The monoisotopic (exact) mass is 190 g/mol. The van der Waals surface area contributed by atoms with Crippen LogP contribution in [0.15, 0.2) is 4.42 Å². The first kappa shape index (κ1) is 10.1. The van der Waals surface area contributed by atoms with Gasteiger partial charge in [-0.25, -0.2) is 4.98 Å². The molecule has 0 spiro atoms. The van der Waals surface area contributed by atoms with Gasteiger partial charge in [-0.1, -0.05) is 0 Å². The van der Waals surface area contributed by atoms with Crippen molar-refractivity contribution in [2.24, 2.45) is 5.73 Å². The van der Waals surface area contributed by atoms with E-state index in [1.807, 2.05) is 0 Å². The highest BCUT2D eigenvalue weighted by Crippen LogP contribution is 2.31. The summed E-state index contributed by atoms with van der Waals surface area (Å²) in [7, 11) is 0. The van der Waals surface area contributed by atoms with Crippen molar-refractivity contribution < 1.29 is 13.2 Å². The van der Waals surface area contributed by atoms with E-state index in [0.717, 1.165) is 6.92 Å². The molecule has 0 aliphatic rings. The molecule has 1 unspecified atom stereocenters. The summed E-state index contributed by atoms with van der Waals surface area (Å²) in [6.45, 7) is 3.87. The van der Waals surface area contributed by atoms with Crippen molar-refractivity contribution in [1.82, 2.24) is 4.98 Å². The molecule has 2 N–H and O–H groups in total. The topological polar surface area (TPSA) is 52.0 Å². The van der Waals surface area contributed by atoms with Gasteiger partial charge < -0.3 is 10.2 Å². The van der Waals surface area contributed by atoms with Crippen molar-refractivity contribution in [2.75, 3.05) is 0 Å². The maximum Gasteiger partial charge on any atom is 0.303 e. The highest BCUT2D eigenvalue weighted by Gasteiger charge is 2.32. The molecule has 0 saturated carbocycles. The summed E-state index contributed by atoms with van der Waals surface area (Å²) in [6.07, 6.45) is 0. The van der Waals surface area contributed by atoms with Gasteiger partial charge in [0.25, 0.3) is 0 Å². The maximum absolute atomic E-state index is 12.8. The SMILES string of the molecule is Cc1nc(C(C)N)oc1C(C)(F)F. The average molecular weight is 190 g/mol. The number of aryl methyl sites for hydroxylation is 1. The molecule has 13 heavy (non-hydrogen) atoms. The molecule has 0 fully saturated rings. The van der Waals surface area contributed by atoms with E-state index in [9.17, 15) is 8.78 Å². The van der Waals surface area contributed by atoms with Crippen LogP contribution in [0.25, 0.3) is 0 Å². The number of aromatic nitrogens is 1. The molecule has 1 aromatic rings. The fourth-order valence-electron chi connectivity index (χ4n) is 1.02. The molecule has 0 aromatic carbocycles. The molecule has 1 heterocycles. The number of alkyl halides is 2. The minimum Gasteiger partial charge on any atom is -0.437 e. The van der Waals surface area contributed by atoms with E-state index in [0.29, 0.717) is 0 Å². The maximum atomic E-state index is 12.8. The van der Waals surface area contributed by atoms with Crippen molar-refractivity contribution in [3.8, 4) is 0 Å². The van der Waals surface area contributed by atoms with Crippen LogP contribution in [0.4, 0.5) is 8.78 Å². The van der Waals surface area contributed by atoms with Gasteiger partial charge in [0.05, 0.1) is 11.7 Å². The van der Waals surface area contributed by atoms with Crippen molar-refractivity contribution in [3.05, 3.63) is 17.3 Å². The van der Waals surface area contributed by atoms with Crippen LogP contribution < -0.4 is 5.73 Å². The lowest BCUT2D eigenvalue weighted by Gasteiger charge is -2.06. The fourth-order valence-corrected chi connectivity index (χ4v) is 1.02. The number of oxazole rings is 1. The zero-order chi connectivity index (χ0) is 10.2. The average Bonchev–Trinajstić information content (AvgIpc) is 2.29. The molecule has 5 heteroatoms. The van der Waals surface area contributed by atoms with Gasteiger partial charge in [-0.3, -0.25) is 0 Å². The van der Waals surface area contributed by atoms with Crippen molar-refractivity contribution in [2.45, 2.75) is 32.7 Å². The predicted octanol–water partition coefficient (Wildman–Crippen LogP) is 2.11. The summed E-state index contributed by atoms with van der Waals surface area (Å²) in [5.41, 5.74) is 5.63. The third-order valence-electron chi connectivity index (χ3n) is 1.60. The van der Waals surface area contributed by atoms with Gasteiger partial charge in [0, 0.05) is 6.92 Å². The molecular weight excluding hydrogens is 178 g/mol. The van der Waals surface area contributed by atoms with Crippen LogP contribution >= 0.6 is 0 Å². The third kappa shape index (κ3) is 2.03. The lowest BCUT2D eigenvalue weighted by atomic mass is 10.2. The van der Waals surface area contributed by atoms with Gasteiger partial charge in [-0.2, -0.15) is 8.78 Å². The normalized spacial score (nSPS) is 14.6. The second-order valence-electron chi connectivity index (χ2n) is 3.14. The van der Waals surface area contributed by atoms with Crippen LogP contribution in [-0.4, -0.2) is 4.98 Å². The Morgan fingerprint density at radius 1 is 1.54 bits per heavy atom. The Kier molecular flexibility index (Phi) is 2.38. The van der Waals surface area contributed by atoms with Crippen LogP contribution in [0.3, 0.4) is 0 Å². The predicted molar refractivity (Wildman–Crippen MR) is 43.4 cm³/mol. The zero-order valence-corrected chi connectivity index (χ0v) is 7.77. The summed E-state index contributed by atoms with van der Waals surface area (Å²) < 4.78 is 30.5. The Hall–Kier alpha value is -0.970. The molecule has 0 bridgehead atoms. The summed E-state index contributed by atoms with van der Waals surface area (Å²) in [5.74, 6) is -3.25. The number of hydrogen-bond acceptors (Lipinski definition) is 3. The van der Waals surface area contributed by atoms with Crippen molar-refractivity contribution in [3.63, 3.8) is 0 Å². The summed E-state index contributed by atoms with van der Waals surface area (Å²) in [5, 5.41) is 0. The number of nitrogens with two attached hydrogens (primary N) is 1. The van der Waals surface area contributed by atoms with Crippen LogP contribution in [0.1, 0.15) is 37.2 Å². The van der Waals surface area contributed by atoms with Gasteiger partial charge in [0.15, 0.2) is 5.76 Å². The Labute approximate surface area is 74.9 Å². The number of halogens is 2. The lowest BCUT2D eigenvalue weighted by Crippen LogP contribution is -2.07. The van der Waals surface area contributed by atoms with Gasteiger partial charge in [0.2, 0.25) is 5.89 Å². The highest BCUT2D eigenvalue weighted by molar-refractivity contribution is 5.13. The molecule has 3 nitrogen and oxygen atoms in total. The molecule has 0 aliphatic carbocycles. The summed E-state index contributed by atoms with van der Waals surface area (Å²) in [6, 6.07) is -0.463. The summed E-state index contributed by atoms with van der Waals surface area (Å²) in [4.78, 5) is 3.80. The van der Waals surface area contributed by atoms with Gasteiger partial charge >= 0.3 is 5.92 Å². The second-order valence-corrected chi connectivity index (χ2v) is 3.14. The Morgan fingerprint density at radius 3 is 2.31 bits per heavy atom. The van der Waals surface area contributed by atoms with Gasteiger partial charge in [-0.15, -0.1) is 0 Å². The van der Waals surface area contributed by atoms with Crippen LogP contribution in [0.2, 0.25) is 0 Å². The molecule has 0 radical (unpaired) electrons. The standard InChI is InChI=1S/C8H12F2N2O/c1-4(11)7-12-5(2)6(13-7)8(3,9)10/h4H,11H2,1-3H3. The van der Waals surface area contributed by atoms with E-state index in [1.165, 1.54) is 6.92 Å². The zero-order valence-electron chi connectivity index (χ0n) is 7.77. The molecule has 0 aliphatic heterocycles. The van der Waals surface area contributed by atoms with Crippen LogP contribution in [0, 0.1) is 6.92 Å². The van der Waals surface area contributed by atoms with Crippen molar-refractivity contribution in [1.29, 1.82) is 0 Å². The molecular formula is C8H12F2N2O. The van der Waals surface area contributed by atoms with Crippen LogP contribution in [-0.2, 0) is 5.92 Å². The van der Waals surface area contributed by atoms with E-state index in [1.54, 1.807) is 6.92 Å². The van der Waals surface area contributed by atoms with Crippen molar-refractivity contribution >= 4 is 0 Å². The fraction of sp³-hybridized carbons (Fsp3) is 0.625. The minimum absolute atomic E-state index is 0.147.